The van der Waals surface area contributed by atoms with Crippen LogP contribution in [-0.2, 0) is 6.61 Å². The van der Waals surface area contributed by atoms with E-state index >= 15 is 0 Å². The third-order valence-corrected chi connectivity index (χ3v) is 2.44. The summed E-state index contributed by atoms with van der Waals surface area (Å²) < 4.78 is 36.5. The molecule has 2 aromatic rings. The van der Waals surface area contributed by atoms with Gasteiger partial charge in [0.05, 0.1) is 0 Å². The van der Waals surface area contributed by atoms with E-state index in [-0.39, 0.29) is 18.1 Å². The highest BCUT2D eigenvalue weighted by molar-refractivity contribution is 5.86. The van der Waals surface area contributed by atoms with Crippen molar-refractivity contribution in [3.63, 3.8) is 0 Å². The number of benzene rings is 1. The minimum atomic E-state index is -1.21. The van der Waals surface area contributed by atoms with Gasteiger partial charge in [0.15, 0.2) is 17.4 Å². The second kappa shape index (κ2) is 5.09. The molecular weight excluding hydrogens is 258 g/mol. The fourth-order valence-corrected chi connectivity index (χ4v) is 1.60. The Morgan fingerprint density at radius 1 is 1.37 bits per heavy atom. The number of para-hydroxylation sites is 1. The van der Waals surface area contributed by atoms with E-state index in [4.69, 9.17) is 14.3 Å². The fraction of sp³-hybridized carbons (Fsp3) is 0.154. The summed E-state index contributed by atoms with van der Waals surface area (Å²) in [6, 6.07) is 4.79. The van der Waals surface area contributed by atoms with Crippen LogP contribution in [0.25, 0.3) is 0 Å². The number of furan rings is 1. The van der Waals surface area contributed by atoms with Crippen molar-refractivity contribution in [3.05, 3.63) is 53.0 Å². The van der Waals surface area contributed by atoms with Gasteiger partial charge in [-0.3, -0.25) is 0 Å². The van der Waals surface area contributed by atoms with Crippen LogP contribution in [0, 0.1) is 18.6 Å². The lowest BCUT2D eigenvalue weighted by molar-refractivity contribution is 0.0656. The average molecular weight is 268 g/mol. The van der Waals surface area contributed by atoms with Gasteiger partial charge in [-0.1, -0.05) is 6.07 Å². The van der Waals surface area contributed by atoms with Crippen molar-refractivity contribution < 1.29 is 27.8 Å². The van der Waals surface area contributed by atoms with Gasteiger partial charge in [0, 0.05) is 5.56 Å². The molecule has 0 radical (unpaired) electrons. The van der Waals surface area contributed by atoms with Crippen LogP contribution in [-0.4, -0.2) is 11.1 Å². The van der Waals surface area contributed by atoms with Crippen LogP contribution in [0.15, 0.2) is 28.7 Å². The first-order chi connectivity index (χ1) is 8.99. The van der Waals surface area contributed by atoms with Crippen molar-refractivity contribution in [1.29, 1.82) is 0 Å². The Morgan fingerprint density at radius 2 is 2.00 bits per heavy atom. The summed E-state index contributed by atoms with van der Waals surface area (Å²) in [6.07, 6.45) is 0. The molecule has 0 aliphatic carbocycles. The van der Waals surface area contributed by atoms with Crippen LogP contribution in [0.3, 0.4) is 0 Å². The van der Waals surface area contributed by atoms with Crippen LogP contribution in [0.1, 0.15) is 21.9 Å². The van der Waals surface area contributed by atoms with Crippen LogP contribution < -0.4 is 4.74 Å². The number of aryl methyl sites for hydroxylation is 1. The zero-order valence-electron chi connectivity index (χ0n) is 9.94. The molecule has 1 aromatic carbocycles. The van der Waals surface area contributed by atoms with Gasteiger partial charge in [-0.15, -0.1) is 0 Å². The van der Waals surface area contributed by atoms with Crippen molar-refractivity contribution in [2.24, 2.45) is 0 Å². The number of hydrogen-bond acceptors (Lipinski definition) is 3. The number of aromatic carboxylic acids is 1. The molecule has 100 valence electrons. The number of carbonyl (C=O) groups is 1. The topological polar surface area (TPSA) is 59.7 Å². The molecule has 0 fully saturated rings. The maximum Gasteiger partial charge on any atom is 0.372 e. The van der Waals surface area contributed by atoms with Crippen LogP contribution >= 0.6 is 0 Å². The highest BCUT2D eigenvalue weighted by atomic mass is 19.1. The molecule has 2 rings (SSSR count). The molecule has 0 saturated heterocycles. The quantitative estimate of drug-likeness (QED) is 0.925. The number of ether oxygens (including phenoxy) is 1. The molecule has 1 heterocycles. The first kappa shape index (κ1) is 13.1. The van der Waals surface area contributed by atoms with E-state index in [1.165, 1.54) is 12.1 Å². The van der Waals surface area contributed by atoms with Crippen LogP contribution in [0.2, 0.25) is 0 Å². The molecule has 0 aliphatic heterocycles. The maximum atomic E-state index is 13.3. The number of hydrogen-bond donors (Lipinski definition) is 1. The van der Waals surface area contributed by atoms with Gasteiger partial charge < -0.3 is 14.3 Å². The third-order valence-electron chi connectivity index (χ3n) is 2.44. The Kier molecular flexibility index (Phi) is 3.50. The lowest BCUT2D eigenvalue weighted by Crippen LogP contribution is -1.99. The maximum absolute atomic E-state index is 13.3. The molecule has 0 aliphatic rings. The van der Waals surface area contributed by atoms with Gasteiger partial charge in [-0.2, -0.15) is 0 Å². The van der Waals surface area contributed by atoms with E-state index in [9.17, 15) is 13.6 Å². The number of halogens is 2. The third kappa shape index (κ3) is 2.73. The van der Waals surface area contributed by atoms with Crippen LogP contribution in [0.4, 0.5) is 8.78 Å². The van der Waals surface area contributed by atoms with Gasteiger partial charge in [0.2, 0.25) is 5.76 Å². The Hall–Kier alpha value is -2.37. The van der Waals surface area contributed by atoms with Crippen molar-refractivity contribution in [3.8, 4) is 5.75 Å². The minimum Gasteiger partial charge on any atom is -0.480 e. The first-order valence-corrected chi connectivity index (χ1v) is 5.38. The number of rotatable bonds is 4. The van der Waals surface area contributed by atoms with Gasteiger partial charge >= 0.3 is 5.97 Å². The number of carboxylic acid groups (broad SMARTS) is 1. The smallest absolute Gasteiger partial charge is 0.372 e. The Labute approximate surface area is 107 Å². The lowest BCUT2D eigenvalue weighted by atomic mass is 10.2. The summed E-state index contributed by atoms with van der Waals surface area (Å²) in [5.41, 5.74) is 0.417. The van der Waals surface area contributed by atoms with Crippen molar-refractivity contribution in [1.82, 2.24) is 0 Å². The highest BCUT2D eigenvalue weighted by Gasteiger charge is 2.16. The summed E-state index contributed by atoms with van der Waals surface area (Å²) >= 11 is 0. The predicted molar refractivity (Wildman–Crippen MR) is 61.1 cm³/mol. The van der Waals surface area contributed by atoms with Crippen LogP contribution in [0.5, 0.6) is 5.75 Å². The molecule has 1 aromatic heterocycles. The van der Waals surface area contributed by atoms with Gasteiger partial charge in [0.1, 0.15) is 12.4 Å². The van der Waals surface area contributed by atoms with E-state index in [1.54, 1.807) is 6.92 Å². The largest absolute Gasteiger partial charge is 0.480 e. The van der Waals surface area contributed by atoms with Gasteiger partial charge in [-0.05, 0) is 25.1 Å². The predicted octanol–water partition coefficient (Wildman–Crippen LogP) is 3.14. The summed E-state index contributed by atoms with van der Waals surface area (Å²) in [5, 5.41) is 8.80. The zero-order valence-corrected chi connectivity index (χ0v) is 9.94. The standard InChI is InChI=1S/C13H10F2O4/c1-7-5-8(19-11(7)13(16)17)6-18-12-9(14)3-2-4-10(12)15/h2-5H,6H2,1H3,(H,16,17). The molecule has 0 bridgehead atoms. The summed E-state index contributed by atoms with van der Waals surface area (Å²) in [5.74, 6) is -3.43. The van der Waals surface area contributed by atoms with Gasteiger partial charge in [0.25, 0.3) is 0 Å². The summed E-state index contributed by atoms with van der Waals surface area (Å²) in [7, 11) is 0. The molecule has 6 heteroatoms. The normalized spacial score (nSPS) is 10.5. The van der Waals surface area contributed by atoms with E-state index in [0.29, 0.717) is 5.56 Å². The average Bonchev–Trinajstić information content (AvgIpc) is 2.70. The second-order valence-electron chi connectivity index (χ2n) is 3.87. The minimum absolute atomic E-state index is 0.178. The molecule has 0 spiro atoms. The van der Waals surface area contributed by atoms with E-state index in [1.807, 2.05) is 0 Å². The monoisotopic (exact) mass is 268 g/mol. The fourth-order valence-electron chi connectivity index (χ4n) is 1.60. The first-order valence-electron chi connectivity index (χ1n) is 5.38. The van der Waals surface area contributed by atoms with E-state index < -0.39 is 23.4 Å². The zero-order chi connectivity index (χ0) is 14.0. The molecular formula is C13H10F2O4. The van der Waals surface area contributed by atoms with E-state index in [2.05, 4.69) is 0 Å². The summed E-state index contributed by atoms with van der Waals surface area (Å²) in [4.78, 5) is 10.8. The molecule has 19 heavy (non-hydrogen) atoms. The molecule has 0 amide bonds. The van der Waals surface area contributed by atoms with Crippen molar-refractivity contribution >= 4 is 5.97 Å². The molecule has 1 N–H and O–H groups in total. The van der Waals surface area contributed by atoms with Gasteiger partial charge in [-0.25, -0.2) is 13.6 Å². The molecule has 0 saturated carbocycles. The van der Waals surface area contributed by atoms with E-state index in [0.717, 1.165) is 12.1 Å². The summed E-state index contributed by atoms with van der Waals surface area (Å²) in [6.45, 7) is 1.30. The van der Waals surface area contributed by atoms with Crippen molar-refractivity contribution in [2.75, 3.05) is 0 Å². The Bertz CT molecular complexity index is 599. The second-order valence-corrected chi connectivity index (χ2v) is 3.87. The Balaban J connectivity index is 2.15. The van der Waals surface area contributed by atoms with Crippen molar-refractivity contribution in [2.45, 2.75) is 13.5 Å². The molecule has 4 nitrogen and oxygen atoms in total. The highest BCUT2D eigenvalue weighted by Crippen LogP contribution is 2.23. The number of carboxylic acids is 1. The molecule has 0 atom stereocenters. The lowest BCUT2D eigenvalue weighted by Gasteiger charge is -2.06. The Morgan fingerprint density at radius 3 is 2.53 bits per heavy atom. The SMILES string of the molecule is Cc1cc(COc2c(F)cccc2F)oc1C(=O)O. The molecule has 0 unspecified atom stereocenters.